The molecule has 1 aromatic heterocycles. The van der Waals surface area contributed by atoms with Gasteiger partial charge in [0.05, 0.1) is 6.54 Å². The number of aliphatic carboxylic acids is 2. The number of aryl methyl sites for hydroxylation is 1. The number of carboxylic acid groups (broad SMARTS) is 2. The predicted octanol–water partition coefficient (Wildman–Crippen LogP) is -1.50. The van der Waals surface area contributed by atoms with E-state index in [1.165, 1.54) is 11.0 Å². The summed E-state index contributed by atoms with van der Waals surface area (Å²) in [5, 5.41) is 23.4. The molecule has 0 atom stereocenters. The van der Waals surface area contributed by atoms with Crippen LogP contribution in [0, 0.1) is 0 Å². The van der Waals surface area contributed by atoms with Gasteiger partial charge in [-0.3, -0.25) is 14.3 Å². The summed E-state index contributed by atoms with van der Waals surface area (Å²) in [6.45, 7) is -1.42. The van der Waals surface area contributed by atoms with Gasteiger partial charge in [-0.1, -0.05) is 0 Å². The Balaban J connectivity index is 2.55. The van der Waals surface area contributed by atoms with Crippen LogP contribution in [0.3, 0.4) is 0 Å². The number of nitrogens with zero attached hydrogens (tertiary/aromatic N) is 4. The maximum Gasteiger partial charge on any atom is 0.323 e. The minimum atomic E-state index is -1.30. The normalized spacial score (nSPS) is 9.95. The summed E-state index contributed by atoms with van der Waals surface area (Å²) >= 11 is 0. The number of urea groups is 1. The van der Waals surface area contributed by atoms with E-state index in [4.69, 9.17) is 10.2 Å². The summed E-state index contributed by atoms with van der Waals surface area (Å²) in [5.41, 5.74) is 0. The Morgan fingerprint density at radius 2 is 1.89 bits per heavy atom. The number of amides is 2. The lowest BCUT2D eigenvalue weighted by Crippen LogP contribution is -2.45. The number of aromatic nitrogens is 3. The Hall–Kier alpha value is -2.65. The average molecular weight is 271 g/mol. The minimum Gasteiger partial charge on any atom is -0.480 e. The van der Waals surface area contributed by atoms with Crippen molar-refractivity contribution in [1.29, 1.82) is 0 Å². The van der Waals surface area contributed by atoms with Crippen LogP contribution in [0.1, 0.15) is 5.82 Å². The molecule has 0 aromatic carbocycles. The molecule has 0 aliphatic rings. The van der Waals surface area contributed by atoms with Crippen LogP contribution in [0.2, 0.25) is 0 Å². The van der Waals surface area contributed by atoms with Gasteiger partial charge in [0, 0.05) is 7.05 Å². The number of carbonyl (C=O) groups is 3. The third-order valence-electron chi connectivity index (χ3n) is 1.98. The molecule has 2 amide bonds. The Kier molecular flexibility index (Phi) is 4.80. The van der Waals surface area contributed by atoms with Gasteiger partial charge in [0.25, 0.3) is 0 Å². The number of carboxylic acids is 2. The summed E-state index contributed by atoms with van der Waals surface area (Å²) in [6.07, 6.45) is 1.44. The van der Waals surface area contributed by atoms with Crippen molar-refractivity contribution in [1.82, 2.24) is 25.0 Å². The summed E-state index contributed by atoms with van der Waals surface area (Å²) in [7, 11) is 1.65. The van der Waals surface area contributed by atoms with Gasteiger partial charge < -0.3 is 20.4 Å². The zero-order chi connectivity index (χ0) is 14.4. The third-order valence-corrected chi connectivity index (χ3v) is 1.98. The van der Waals surface area contributed by atoms with E-state index in [1.807, 2.05) is 0 Å². The highest BCUT2D eigenvalue weighted by Crippen LogP contribution is 1.93. The predicted molar refractivity (Wildman–Crippen MR) is 60.1 cm³/mol. The largest absolute Gasteiger partial charge is 0.480 e. The van der Waals surface area contributed by atoms with Crippen molar-refractivity contribution in [2.45, 2.75) is 6.54 Å². The Bertz CT molecular complexity index is 469. The van der Waals surface area contributed by atoms with Crippen LogP contribution < -0.4 is 5.32 Å². The summed E-state index contributed by atoms with van der Waals surface area (Å²) < 4.78 is 1.44. The molecule has 0 radical (unpaired) electrons. The molecule has 0 fully saturated rings. The van der Waals surface area contributed by atoms with Crippen LogP contribution in [-0.2, 0) is 23.2 Å². The van der Waals surface area contributed by atoms with E-state index in [1.54, 1.807) is 7.05 Å². The molecule has 1 aromatic rings. The molecule has 10 heteroatoms. The zero-order valence-electron chi connectivity index (χ0n) is 10.1. The molecule has 3 N–H and O–H groups in total. The van der Waals surface area contributed by atoms with Gasteiger partial charge in [0.1, 0.15) is 19.4 Å². The monoisotopic (exact) mass is 271 g/mol. The molecule has 19 heavy (non-hydrogen) atoms. The Morgan fingerprint density at radius 3 is 2.32 bits per heavy atom. The first-order chi connectivity index (χ1) is 8.88. The molecule has 104 valence electrons. The SMILES string of the molecule is Cn1cnc(CNC(=O)N(CC(=O)O)CC(=O)O)n1. The smallest absolute Gasteiger partial charge is 0.323 e. The van der Waals surface area contributed by atoms with Crippen molar-refractivity contribution in [2.24, 2.45) is 7.05 Å². The maximum absolute atomic E-state index is 11.6. The van der Waals surface area contributed by atoms with Crippen LogP contribution in [0.4, 0.5) is 4.79 Å². The average Bonchev–Trinajstić information content (AvgIpc) is 2.70. The highest BCUT2D eigenvalue weighted by atomic mass is 16.4. The second-order valence-corrected chi connectivity index (χ2v) is 3.64. The lowest BCUT2D eigenvalue weighted by Gasteiger charge is -2.18. The highest BCUT2D eigenvalue weighted by Gasteiger charge is 2.19. The number of nitrogens with one attached hydrogen (secondary N) is 1. The fourth-order valence-electron chi connectivity index (χ4n) is 1.26. The molecular weight excluding hydrogens is 258 g/mol. The van der Waals surface area contributed by atoms with E-state index in [9.17, 15) is 14.4 Å². The molecule has 0 aliphatic heterocycles. The zero-order valence-corrected chi connectivity index (χ0v) is 10.1. The summed E-state index contributed by atoms with van der Waals surface area (Å²) in [6, 6.07) is -0.808. The van der Waals surface area contributed by atoms with Gasteiger partial charge in [-0.05, 0) is 0 Å². The van der Waals surface area contributed by atoms with Gasteiger partial charge in [-0.2, -0.15) is 5.10 Å². The van der Waals surface area contributed by atoms with Gasteiger partial charge in [-0.25, -0.2) is 9.78 Å². The van der Waals surface area contributed by atoms with E-state index in [0.29, 0.717) is 10.7 Å². The number of carbonyl (C=O) groups excluding carboxylic acids is 1. The molecule has 1 rings (SSSR count). The van der Waals surface area contributed by atoms with Gasteiger partial charge in [-0.15, -0.1) is 0 Å². The molecule has 0 saturated heterocycles. The second-order valence-electron chi connectivity index (χ2n) is 3.64. The van der Waals surface area contributed by atoms with Gasteiger partial charge in [0.15, 0.2) is 5.82 Å². The lowest BCUT2D eigenvalue weighted by molar-refractivity contribution is -0.140. The lowest BCUT2D eigenvalue weighted by atomic mass is 10.5. The minimum absolute atomic E-state index is 0.0184. The van der Waals surface area contributed by atoms with Crippen molar-refractivity contribution in [2.75, 3.05) is 13.1 Å². The topological polar surface area (TPSA) is 138 Å². The van der Waals surface area contributed by atoms with Crippen molar-refractivity contribution in [3.63, 3.8) is 0 Å². The molecule has 0 spiro atoms. The van der Waals surface area contributed by atoms with Crippen molar-refractivity contribution >= 4 is 18.0 Å². The number of rotatable bonds is 6. The van der Waals surface area contributed by atoms with E-state index in [2.05, 4.69) is 15.4 Å². The van der Waals surface area contributed by atoms with E-state index in [0.717, 1.165) is 0 Å². The van der Waals surface area contributed by atoms with E-state index in [-0.39, 0.29) is 6.54 Å². The van der Waals surface area contributed by atoms with Crippen LogP contribution in [0.5, 0.6) is 0 Å². The van der Waals surface area contributed by atoms with Crippen LogP contribution >= 0.6 is 0 Å². The number of hydrogen-bond acceptors (Lipinski definition) is 5. The maximum atomic E-state index is 11.6. The molecule has 1 heterocycles. The molecule has 0 bridgehead atoms. The summed E-state index contributed by atoms with van der Waals surface area (Å²) in [4.78, 5) is 37.2. The van der Waals surface area contributed by atoms with Crippen molar-refractivity contribution in [3.05, 3.63) is 12.2 Å². The first-order valence-electron chi connectivity index (χ1n) is 5.19. The van der Waals surface area contributed by atoms with Crippen molar-refractivity contribution < 1.29 is 24.6 Å². The van der Waals surface area contributed by atoms with E-state index < -0.39 is 31.1 Å². The standard InChI is InChI=1S/C9H13N5O5/c1-13-5-11-6(12-13)2-10-9(19)14(3-7(15)16)4-8(17)18/h5H,2-4H2,1H3,(H,10,19)(H,15,16)(H,17,18). The first kappa shape index (κ1) is 14.4. The van der Waals surface area contributed by atoms with E-state index >= 15 is 0 Å². The molecule has 0 saturated carbocycles. The Labute approximate surface area is 107 Å². The quantitative estimate of drug-likeness (QED) is 0.572. The summed E-state index contributed by atoms with van der Waals surface area (Å²) in [5.74, 6) is -2.26. The molecular formula is C9H13N5O5. The van der Waals surface area contributed by atoms with Crippen LogP contribution in [-0.4, -0.2) is 60.9 Å². The second kappa shape index (κ2) is 6.33. The fraction of sp³-hybridized carbons (Fsp3) is 0.444. The highest BCUT2D eigenvalue weighted by molar-refractivity contribution is 5.83. The Morgan fingerprint density at radius 1 is 1.32 bits per heavy atom. The van der Waals surface area contributed by atoms with Crippen LogP contribution in [0.25, 0.3) is 0 Å². The third kappa shape index (κ3) is 5.02. The van der Waals surface area contributed by atoms with Crippen molar-refractivity contribution in [3.8, 4) is 0 Å². The van der Waals surface area contributed by atoms with Gasteiger partial charge in [0.2, 0.25) is 0 Å². The first-order valence-corrected chi connectivity index (χ1v) is 5.19. The molecule has 0 aliphatic carbocycles. The molecule has 10 nitrogen and oxygen atoms in total. The molecule has 0 unspecified atom stereocenters. The van der Waals surface area contributed by atoms with Gasteiger partial charge >= 0.3 is 18.0 Å². The number of hydrogen-bond donors (Lipinski definition) is 3. The fourth-order valence-corrected chi connectivity index (χ4v) is 1.26. The van der Waals surface area contributed by atoms with Crippen LogP contribution in [0.15, 0.2) is 6.33 Å².